The Balaban J connectivity index is 1.45. The standard InChI is InChI=1S/C22H19FN4O2S/c1-14-7-8-15(12-18(14)23)11-17-13-24-22(30-17)25-21(29)19-9-10-20(28)27(26-19)16-5-3-2-4-6-16/h2-8,12-13H,9-11H2,1H3,(H,24,25,29). The number of carbonyl (C=O) groups is 2. The Labute approximate surface area is 177 Å². The van der Waals surface area contributed by atoms with Crippen molar-refractivity contribution in [1.82, 2.24) is 4.98 Å². The predicted octanol–water partition coefficient (Wildman–Crippen LogP) is 4.30. The average molecular weight is 422 g/mol. The van der Waals surface area contributed by atoms with Crippen LogP contribution in [0.25, 0.3) is 0 Å². The molecule has 1 N–H and O–H groups in total. The Morgan fingerprint density at radius 1 is 1.20 bits per heavy atom. The van der Waals surface area contributed by atoms with Crippen LogP contribution in [0.2, 0.25) is 0 Å². The molecule has 1 aromatic heterocycles. The van der Waals surface area contributed by atoms with Crippen molar-refractivity contribution in [3.05, 3.63) is 76.5 Å². The van der Waals surface area contributed by atoms with Crippen LogP contribution in [0.5, 0.6) is 0 Å². The van der Waals surface area contributed by atoms with E-state index in [2.05, 4.69) is 15.4 Å². The molecule has 152 valence electrons. The van der Waals surface area contributed by atoms with Gasteiger partial charge in [-0.25, -0.2) is 14.4 Å². The molecule has 1 aliphatic heterocycles. The lowest BCUT2D eigenvalue weighted by Gasteiger charge is -2.22. The van der Waals surface area contributed by atoms with E-state index in [4.69, 9.17) is 0 Å². The van der Waals surface area contributed by atoms with Crippen LogP contribution in [-0.2, 0) is 16.0 Å². The highest BCUT2D eigenvalue weighted by Gasteiger charge is 2.26. The minimum atomic E-state index is -0.384. The summed E-state index contributed by atoms with van der Waals surface area (Å²) in [4.78, 5) is 30.0. The summed E-state index contributed by atoms with van der Waals surface area (Å²) in [6.45, 7) is 1.72. The number of hydrogen-bond acceptors (Lipinski definition) is 5. The first-order valence-electron chi connectivity index (χ1n) is 9.46. The Bertz CT molecular complexity index is 1130. The Kier molecular flexibility index (Phi) is 5.67. The number of hydrogen-bond donors (Lipinski definition) is 1. The zero-order chi connectivity index (χ0) is 21.1. The summed E-state index contributed by atoms with van der Waals surface area (Å²) in [6, 6.07) is 14.1. The van der Waals surface area contributed by atoms with Gasteiger partial charge < -0.3 is 0 Å². The number of nitrogens with zero attached hydrogens (tertiary/aromatic N) is 3. The number of carbonyl (C=O) groups excluding carboxylic acids is 2. The van der Waals surface area contributed by atoms with Crippen molar-refractivity contribution in [2.75, 3.05) is 10.3 Å². The first-order valence-corrected chi connectivity index (χ1v) is 10.3. The van der Waals surface area contributed by atoms with Gasteiger partial charge in [-0.2, -0.15) is 5.10 Å². The van der Waals surface area contributed by atoms with E-state index in [1.807, 2.05) is 24.3 Å². The van der Waals surface area contributed by atoms with Crippen molar-refractivity contribution in [1.29, 1.82) is 0 Å². The maximum Gasteiger partial charge on any atom is 0.273 e. The zero-order valence-corrected chi connectivity index (χ0v) is 17.1. The molecule has 0 radical (unpaired) electrons. The number of hydrazone groups is 1. The molecular weight excluding hydrogens is 403 g/mol. The molecular formula is C22H19FN4O2S. The molecule has 3 aromatic rings. The van der Waals surface area contributed by atoms with Crippen LogP contribution in [-0.4, -0.2) is 22.5 Å². The van der Waals surface area contributed by atoms with Gasteiger partial charge in [0, 0.05) is 30.3 Å². The first-order chi connectivity index (χ1) is 14.5. The van der Waals surface area contributed by atoms with E-state index in [9.17, 15) is 14.0 Å². The molecule has 0 fully saturated rings. The van der Waals surface area contributed by atoms with Crippen LogP contribution in [0, 0.1) is 12.7 Å². The van der Waals surface area contributed by atoms with Crippen LogP contribution in [0.3, 0.4) is 0 Å². The number of para-hydroxylation sites is 1. The third-order valence-electron chi connectivity index (χ3n) is 4.68. The zero-order valence-electron chi connectivity index (χ0n) is 16.3. The maximum absolute atomic E-state index is 13.7. The van der Waals surface area contributed by atoms with E-state index < -0.39 is 0 Å². The molecule has 30 heavy (non-hydrogen) atoms. The summed E-state index contributed by atoms with van der Waals surface area (Å²) >= 11 is 1.33. The molecule has 0 unspecified atom stereocenters. The van der Waals surface area contributed by atoms with Crippen LogP contribution < -0.4 is 10.3 Å². The summed E-state index contributed by atoms with van der Waals surface area (Å²) in [6.07, 6.45) is 2.68. The maximum atomic E-state index is 13.7. The second-order valence-electron chi connectivity index (χ2n) is 6.93. The Morgan fingerprint density at radius 3 is 2.77 bits per heavy atom. The fraction of sp³-hybridized carbons (Fsp3) is 0.182. The van der Waals surface area contributed by atoms with E-state index in [1.54, 1.807) is 31.3 Å². The Morgan fingerprint density at radius 2 is 2.00 bits per heavy atom. The second kappa shape index (κ2) is 8.54. The number of aryl methyl sites for hydroxylation is 1. The lowest BCUT2D eigenvalue weighted by molar-refractivity contribution is -0.118. The van der Waals surface area contributed by atoms with Crippen LogP contribution in [0.1, 0.15) is 28.8 Å². The van der Waals surface area contributed by atoms with Gasteiger partial charge in [0.1, 0.15) is 11.5 Å². The fourth-order valence-corrected chi connectivity index (χ4v) is 3.89. The number of thiazole rings is 1. The van der Waals surface area contributed by atoms with E-state index in [-0.39, 0.29) is 36.2 Å². The molecule has 0 bridgehead atoms. The summed E-state index contributed by atoms with van der Waals surface area (Å²) in [7, 11) is 0. The predicted molar refractivity (Wildman–Crippen MR) is 115 cm³/mol. The van der Waals surface area contributed by atoms with Crippen molar-refractivity contribution < 1.29 is 14.0 Å². The largest absolute Gasteiger partial charge is 0.297 e. The normalized spacial score (nSPS) is 13.9. The highest BCUT2D eigenvalue weighted by Crippen LogP contribution is 2.24. The molecule has 0 saturated heterocycles. The SMILES string of the molecule is Cc1ccc(Cc2cnc(NC(=O)C3=NN(c4ccccc4)C(=O)CC3)s2)cc1F. The molecule has 2 heterocycles. The van der Waals surface area contributed by atoms with Gasteiger partial charge in [-0.1, -0.05) is 30.3 Å². The molecule has 1 aliphatic rings. The van der Waals surface area contributed by atoms with Gasteiger partial charge in [0.05, 0.1) is 5.69 Å². The van der Waals surface area contributed by atoms with Gasteiger partial charge in [0.2, 0.25) is 5.91 Å². The van der Waals surface area contributed by atoms with Gasteiger partial charge in [-0.3, -0.25) is 14.9 Å². The topological polar surface area (TPSA) is 74.7 Å². The summed E-state index contributed by atoms with van der Waals surface area (Å²) in [5, 5.41) is 8.70. The summed E-state index contributed by atoms with van der Waals surface area (Å²) in [5.41, 5.74) is 2.34. The van der Waals surface area contributed by atoms with Crippen molar-refractivity contribution in [3.8, 4) is 0 Å². The van der Waals surface area contributed by atoms with Crippen molar-refractivity contribution in [3.63, 3.8) is 0 Å². The van der Waals surface area contributed by atoms with Gasteiger partial charge in [0.15, 0.2) is 5.13 Å². The number of aromatic nitrogens is 1. The molecule has 4 rings (SSSR count). The Hall–Kier alpha value is -3.39. The molecule has 0 saturated carbocycles. The minimum Gasteiger partial charge on any atom is -0.297 e. The minimum absolute atomic E-state index is 0.153. The first kappa shape index (κ1) is 19.9. The van der Waals surface area contributed by atoms with Crippen LogP contribution in [0.4, 0.5) is 15.2 Å². The van der Waals surface area contributed by atoms with Crippen LogP contribution in [0.15, 0.2) is 59.8 Å². The average Bonchev–Trinajstić information content (AvgIpc) is 3.18. The van der Waals surface area contributed by atoms with Crippen LogP contribution >= 0.6 is 11.3 Å². The number of rotatable bonds is 5. The number of anilines is 2. The second-order valence-corrected chi connectivity index (χ2v) is 8.05. The van der Waals surface area contributed by atoms with E-state index in [1.165, 1.54) is 22.4 Å². The number of halogens is 1. The number of nitrogens with one attached hydrogen (secondary N) is 1. The summed E-state index contributed by atoms with van der Waals surface area (Å²) in [5.74, 6) is -0.774. The van der Waals surface area contributed by atoms with Crippen molar-refractivity contribution in [2.45, 2.75) is 26.2 Å². The van der Waals surface area contributed by atoms with Gasteiger partial charge in [-0.15, -0.1) is 11.3 Å². The molecule has 2 aromatic carbocycles. The molecule has 6 nitrogen and oxygen atoms in total. The quantitative estimate of drug-likeness (QED) is 0.666. The van der Waals surface area contributed by atoms with Gasteiger partial charge >= 0.3 is 0 Å². The van der Waals surface area contributed by atoms with E-state index in [0.29, 0.717) is 22.8 Å². The smallest absolute Gasteiger partial charge is 0.273 e. The lowest BCUT2D eigenvalue weighted by Crippen LogP contribution is -2.36. The van der Waals surface area contributed by atoms with Gasteiger partial charge in [0.25, 0.3) is 5.91 Å². The lowest BCUT2D eigenvalue weighted by atomic mass is 10.1. The van der Waals surface area contributed by atoms with Crippen molar-refractivity contribution in [2.24, 2.45) is 5.10 Å². The molecule has 2 amide bonds. The van der Waals surface area contributed by atoms with Crippen molar-refractivity contribution >= 4 is 39.7 Å². The highest BCUT2D eigenvalue weighted by molar-refractivity contribution is 7.15. The number of benzene rings is 2. The third-order valence-corrected chi connectivity index (χ3v) is 5.60. The van der Waals surface area contributed by atoms with Gasteiger partial charge in [-0.05, 0) is 36.2 Å². The monoisotopic (exact) mass is 422 g/mol. The molecule has 0 atom stereocenters. The van der Waals surface area contributed by atoms with E-state index in [0.717, 1.165) is 10.4 Å². The summed E-state index contributed by atoms with van der Waals surface area (Å²) < 4.78 is 13.7. The molecule has 0 aliphatic carbocycles. The fourth-order valence-electron chi connectivity index (χ4n) is 3.05. The third kappa shape index (κ3) is 4.44. The van der Waals surface area contributed by atoms with E-state index >= 15 is 0 Å². The molecule has 0 spiro atoms. The molecule has 8 heteroatoms. The number of amides is 2. The highest BCUT2D eigenvalue weighted by atomic mass is 32.1.